The average molecular weight is 330 g/mol. The van der Waals surface area contributed by atoms with Crippen molar-refractivity contribution >= 4 is 11.6 Å². The molecule has 0 atom stereocenters. The monoisotopic (exact) mass is 329 g/mol. The van der Waals surface area contributed by atoms with Gasteiger partial charge in [0.25, 0.3) is 5.56 Å². The molecule has 1 N–H and O–H groups in total. The lowest BCUT2D eigenvalue weighted by molar-refractivity contribution is 0.377. The number of H-pyrrole nitrogens is 1. The lowest BCUT2D eigenvalue weighted by Crippen LogP contribution is -2.12. The molecule has 0 saturated heterocycles. The SMILES string of the molecule is COc1ccccc1Oc1c(Cl)nc(-c2ccncc2)[nH]c1=O. The molecule has 0 saturated carbocycles. The Morgan fingerprint density at radius 3 is 2.43 bits per heavy atom. The van der Waals surface area contributed by atoms with E-state index in [1.807, 2.05) is 0 Å². The Morgan fingerprint density at radius 2 is 1.78 bits per heavy atom. The number of nitrogens with one attached hydrogen (secondary N) is 1. The van der Waals surface area contributed by atoms with E-state index in [0.29, 0.717) is 22.9 Å². The number of hydrogen-bond donors (Lipinski definition) is 1. The van der Waals surface area contributed by atoms with E-state index >= 15 is 0 Å². The lowest BCUT2D eigenvalue weighted by atomic mass is 10.2. The number of aromatic amines is 1. The molecule has 0 aliphatic heterocycles. The topological polar surface area (TPSA) is 77.1 Å². The van der Waals surface area contributed by atoms with E-state index in [2.05, 4.69) is 15.0 Å². The van der Waals surface area contributed by atoms with Gasteiger partial charge in [-0.2, -0.15) is 0 Å². The fraction of sp³-hybridized carbons (Fsp3) is 0.0625. The molecule has 23 heavy (non-hydrogen) atoms. The first kappa shape index (κ1) is 15.1. The quantitative estimate of drug-likeness (QED) is 0.743. The van der Waals surface area contributed by atoms with E-state index < -0.39 is 5.56 Å². The van der Waals surface area contributed by atoms with Gasteiger partial charge in [-0.3, -0.25) is 9.78 Å². The first-order valence-corrected chi connectivity index (χ1v) is 7.08. The Bertz CT molecular complexity index is 881. The maximum absolute atomic E-state index is 12.3. The summed E-state index contributed by atoms with van der Waals surface area (Å²) in [6.45, 7) is 0. The van der Waals surface area contributed by atoms with Crippen LogP contribution in [0.5, 0.6) is 17.2 Å². The number of ether oxygens (including phenoxy) is 2. The zero-order valence-corrected chi connectivity index (χ0v) is 12.9. The molecule has 6 nitrogen and oxygen atoms in total. The molecule has 0 bridgehead atoms. The molecule has 7 heteroatoms. The standard InChI is InChI=1S/C16H12ClN3O3/c1-22-11-4-2-3-5-12(11)23-13-14(17)19-15(20-16(13)21)10-6-8-18-9-7-10/h2-9H,1H3,(H,19,20,21). The minimum atomic E-state index is -0.484. The summed E-state index contributed by atoms with van der Waals surface area (Å²) >= 11 is 6.12. The first-order chi connectivity index (χ1) is 11.2. The van der Waals surface area contributed by atoms with Crippen LogP contribution in [0.1, 0.15) is 0 Å². The summed E-state index contributed by atoms with van der Waals surface area (Å²) in [4.78, 5) is 23.0. The predicted octanol–water partition coefficient (Wildman–Crippen LogP) is 3.29. The normalized spacial score (nSPS) is 10.3. The van der Waals surface area contributed by atoms with Gasteiger partial charge in [-0.25, -0.2) is 4.98 Å². The second-order valence-electron chi connectivity index (χ2n) is 4.52. The van der Waals surface area contributed by atoms with Crippen LogP contribution in [0.2, 0.25) is 5.15 Å². The fourth-order valence-electron chi connectivity index (χ4n) is 1.98. The van der Waals surface area contributed by atoms with Crippen molar-refractivity contribution in [2.75, 3.05) is 7.11 Å². The number of para-hydroxylation sites is 2. The Kier molecular flexibility index (Phi) is 4.25. The summed E-state index contributed by atoms with van der Waals surface area (Å²) < 4.78 is 10.8. The molecular weight excluding hydrogens is 318 g/mol. The fourth-order valence-corrected chi connectivity index (χ4v) is 2.19. The van der Waals surface area contributed by atoms with Crippen molar-refractivity contribution in [1.29, 1.82) is 0 Å². The molecule has 0 fully saturated rings. The van der Waals surface area contributed by atoms with Gasteiger partial charge in [0.05, 0.1) is 7.11 Å². The summed E-state index contributed by atoms with van der Waals surface area (Å²) in [7, 11) is 1.51. The van der Waals surface area contributed by atoms with Crippen molar-refractivity contribution in [1.82, 2.24) is 15.0 Å². The van der Waals surface area contributed by atoms with E-state index in [4.69, 9.17) is 21.1 Å². The molecular formula is C16H12ClN3O3. The molecule has 0 radical (unpaired) electrons. The highest BCUT2D eigenvalue weighted by Crippen LogP contribution is 2.32. The molecule has 0 unspecified atom stereocenters. The second-order valence-corrected chi connectivity index (χ2v) is 4.88. The van der Waals surface area contributed by atoms with Crippen molar-refractivity contribution in [3.63, 3.8) is 0 Å². The van der Waals surface area contributed by atoms with Crippen molar-refractivity contribution < 1.29 is 9.47 Å². The second kappa shape index (κ2) is 6.50. The van der Waals surface area contributed by atoms with E-state index in [9.17, 15) is 4.79 Å². The molecule has 0 aliphatic rings. The maximum atomic E-state index is 12.3. The van der Waals surface area contributed by atoms with Gasteiger partial charge in [0.2, 0.25) is 5.75 Å². The van der Waals surface area contributed by atoms with Crippen molar-refractivity contribution in [3.05, 3.63) is 64.3 Å². The minimum Gasteiger partial charge on any atom is -0.493 e. The highest BCUT2D eigenvalue weighted by molar-refractivity contribution is 6.30. The van der Waals surface area contributed by atoms with Gasteiger partial charge < -0.3 is 14.5 Å². The zero-order valence-electron chi connectivity index (χ0n) is 12.1. The van der Waals surface area contributed by atoms with Crippen LogP contribution >= 0.6 is 11.6 Å². The third-order valence-corrected chi connectivity index (χ3v) is 3.33. The molecule has 0 spiro atoms. The lowest BCUT2D eigenvalue weighted by Gasteiger charge is -2.10. The van der Waals surface area contributed by atoms with Crippen LogP contribution in [0.3, 0.4) is 0 Å². The number of benzene rings is 1. The van der Waals surface area contributed by atoms with E-state index in [1.165, 1.54) is 7.11 Å². The number of methoxy groups -OCH3 is 1. The van der Waals surface area contributed by atoms with Crippen LogP contribution in [-0.2, 0) is 0 Å². The predicted molar refractivity (Wildman–Crippen MR) is 86.2 cm³/mol. The van der Waals surface area contributed by atoms with Crippen molar-refractivity contribution in [2.24, 2.45) is 0 Å². The van der Waals surface area contributed by atoms with Crippen LogP contribution in [0.15, 0.2) is 53.6 Å². The molecule has 1 aromatic carbocycles. The summed E-state index contributed by atoms with van der Waals surface area (Å²) in [5.41, 5.74) is 0.213. The van der Waals surface area contributed by atoms with Crippen LogP contribution in [0.25, 0.3) is 11.4 Å². The van der Waals surface area contributed by atoms with E-state index in [-0.39, 0.29) is 10.9 Å². The Labute approximate surface area is 136 Å². The highest BCUT2D eigenvalue weighted by atomic mass is 35.5. The van der Waals surface area contributed by atoms with Gasteiger partial charge in [0, 0.05) is 18.0 Å². The van der Waals surface area contributed by atoms with E-state index in [0.717, 1.165) is 0 Å². The number of aromatic nitrogens is 3. The van der Waals surface area contributed by atoms with Gasteiger partial charge in [-0.05, 0) is 24.3 Å². The molecule has 0 aliphatic carbocycles. The zero-order chi connectivity index (χ0) is 16.2. The first-order valence-electron chi connectivity index (χ1n) is 6.70. The number of halogens is 1. The Hall–Kier alpha value is -2.86. The van der Waals surface area contributed by atoms with Gasteiger partial charge in [-0.1, -0.05) is 23.7 Å². The average Bonchev–Trinajstić information content (AvgIpc) is 2.59. The molecule has 3 aromatic rings. The summed E-state index contributed by atoms with van der Waals surface area (Å²) in [5, 5.41) is -0.0357. The largest absolute Gasteiger partial charge is 0.493 e. The van der Waals surface area contributed by atoms with Gasteiger partial charge >= 0.3 is 0 Å². The molecule has 116 valence electrons. The molecule has 2 aromatic heterocycles. The van der Waals surface area contributed by atoms with Crippen LogP contribution in [-0.4, -0.2) is 22.1 Å². The highest BCUT2D eigenvalue weighted by Gasteiger charge is 2.15. The number of nitrogens with zero attached hydrogens (tertiary/aromatic N) is 2. The Morgan fingerprint density at radius 1 is 1.09 bits per heavy atom. The van der Waals surface area contributed by atoms with Crippen LogP contribution < -0.4 is 15.0 Å². The summed E-state index contributed by atoms with van der Waals surface area (Å²) in [6, 6.07) is 10.4. The molecule has 3 rings (SSSR count). The third kappa shape index (κ3) is 3.17. The maximum Gasteiger partial charge on any atom is 0.295 e. The van der Waals surface area contributed by atoms with Gasteiger partial charge in [0.15, 0.2) is 16.7 Å². The van der Waals surface area contributed by atoms with Crippen LogP contribution in [0.4, 0.5) is 0 Å². The van der Waals surface area contributed by atoms with Crippen LogP contribution in [0, 0.1) is 0 Å². The van der Waals surface area contributed by atoms with Gasteiger partial charge in [-0.15, -0.1) is 0 Å². The minimum absolute atomic E-state index is 0.0357. The van der Waals surface area contributed by atoms with Gasteiger partial charge in [0.1, 0.15) is 5.82 Å². The third-order valence-electron chi connectivity index (χ3n) is 3.07. The Balaban J connectivity index is 2.00. The number of hydrogen-bond acceptors (Lipinski definition) is 5. The van der Waals surface area contributed by atoms with Crippen molar-refractivity contribution in [3.8, 4) is 28.6 Å². The number of rotatable bonds is 4. The molecule has 2 heterocycles. The summed E-state index contributed by atoms with van der Waals surface area (Å²) in [6.07, 6.45) is 3.20. The molecule has 0 amide bonds. The summed E-state index contributed by atoms with van der Waals surface area (Å²) in [5.74, 6) is 1.12. The number of pyridine rings is 1. The smallest absolute Gasteiger partial charge is 0.295 e. The van der Waals surface area contributed by atoms with E-state index in [1.54, 1.807) is 48.8 Å². The van der Waals surface area contributed by atoms with Crippen molar-refractivity contribution in [2.45, 2.75) is 0 Å².